The van der Waals surface area contributed by atoms with Gasteiger partial charge in [-0.3, -0.25) is 4.90 Å². The van der Waals surface area contributed by atoms with Crippen LogP contribution in [0.1, 0.15) is 43.4 Å². The van der Waals surface area contributed by atoms with Crippen LogP contribution in [0.4, 0.5) is 8.78 Å². The van der Waals surface area contributed by atoms with E-state index in [1.54, 1.807) is 12.1 Å². The molecule has 3 aliphatic heterocycles. The molecule has 2 saturated heterocycles. The summed E-state index contributed by atoms with van der Waals surface area (Å²) in [5, 5.41) is 10.3. The van der Waals surface area contributed by atoms with Crippen LogP contribution >= 0.6 is 0 Å². The summed E-state index contributed by atoms with van der Waals surface area (Å²) in [4.78, 5) is 5.36. The van der Waals surface area contributed by atoms with Gasteiger partial charge in [-0.05, 0) is 42.9 Å². The molecule has 5 heteroatoms. The smallest absolute Gasteiger partial charge is 0.287 e. The molecule has 1 aliphatic carbocycles. The maximum atomic E-state index is 15.2. The number of nitrogens with zero attached hydrogens (tertiary/aromatic N) is 1. The Balaban J connectivity index is 1.76. The third-order valence-corrected chi connectivity index (χ3v) is 6.51. The normalized spacial score (nSPS) is 36.5. The molecule has 0 spiro atoms. The van der Waals surface area contributed by atoms with Crippen molar-refractivity contribution < 1.29 is 13.9 Å². The Bertz CT molecular complexity index is 815. The molecule has 4 heterocycles. The minimum absolute atomic E-state index is 0.0422. The monoisotopic (exact) mass is 332 g/mol. The number of aromatic nitrogens is 1. The summed E-state index contributed by atoms with van der Waals surface area (Å²) >= 11 is 0. The Labute approximate surface area is 139 Å². The number of aromatic hydroxyl groups is 1. The maximum Gasteiger partial charge on any atom is 0.287 e. The fraction of sp³-hybridized carbons (Fsp3) is 0.579. The van der Waals surface area contributed by atoms with Crippen LogP contribution in [-0.2, 0) is 5.92 Å². The first-order valence-electron chi connectivity index (χ1n) is 8.95. The fourth-order valence-corrected chi connectivity index (χ4v) is 5.72. The van der Waals surface area contributed by atoms with Crippen LogP contribution in [-0.4, -0.2) is 34.1 Å². The molecule has 5 atom stereocenters. The van der Waals surface area contributed by atoms with E-state index >= 15 is 8.78 Å². The lowest BCUT2D eigenvalue weighted by atomic mass is 9.65. The standard InChI is InChI=1S/C19H22F2N2O/c1-2-11-5-10-6-14-17-16(13-7-12(24)3-4-15(13)22-17)19(20,21)9-23(8-10)18(11)14/h3-4,7,10-11,14,18,22,24H,2,5-6,8-9H2,1H3/t10-,11?,14-,18?/m0/s1. The van der Waals surface area contributed by atoms with E-state index in [2.05, 4.69) is 16.8 Å². The average molecular weight is 332 g/mol. The number of hydrogen-bond donors (Lipinski definition) is 2. The molecule has 4 aliphatic rings. The lowest BCUT2D eigenvalue weighted by Gasteiger charge is -2.53. The highest BCUT2D eigenvalue weighted by Gasteiger charge is 2.54. The molecule has 2 N–H and O–H groups in total. The van der Waals surface area contributed by atoms with Gasteiger partial charge < -0.3 is 10.1 Å². The van der Waals surface area contributed by atoms with Gasteiger partial charge in [0.05, 0.1) is 12.1 Å². The van der Waals surface area contributed by atoms with E-state index in [4.69, 9.17) is 0 Å². The molecule has 4 bridgehead atoms. The average Bonchev–Trinajstić information content (AvgIpc) is 2.90. The summed E-state index contributed by atoms with van der Waals surface area (Å²) < 4.78 is 30.4. The Morgan fingerprint density at radius 1 is 1.33 bits per heavy atom. The highest BCUT2D eigenvalue weighted by molar-refractivity contribution is 5.87. The quantitative estimate of drug-likeness (QED) is 0.822. The van der Waals surface area contributed by atoms with Gasteiger partial charge in [0.1, 0.15) is 5.75 Å². The van der Waals surface area contributed by atoms with Crippen LogP contribution in [0.2, 0.25) is 0 Å². The molecule has 0 amide bonds. The lowest BCUT2D eigenvalue weighted by molar-refractivity contribution is -0.0843. The largest absolute Gasteiger partial charge is 0.508 e. The van der Waals surface area contributed by atoms with Crippen LogP contribution in [0, 0.1) is 11.8 Å². The summed E-state index contributed by atoms with van der Waals surface area (Å²) in [6.45, 7) is 2.79. The third kappa shape index (κ3) is 1.85. The van der Waals surface area contributed by atoms with Crippen molar-refractivity contribution in [1.82, 2.24) is 9.88 Å². The van der Waals surface area contributed by atoms with Crippen LogP contribution < -0.4 is 0 Å². The highest BCUT2D eigenvalue weighted by atomic mass is 19.3. The second kappa shape index (κ2) is 4.72. The van der Waals surface area contributed by atoms with Crippen molar-refractivity contribution >= 4 is 10.9 Å². The second-order valence-corrected chi connectivity index (χ2v) is 7.88. The van der Waals surface area contributed by atoms with Gasteiger partial charge in [0.15, 0.2) is 0 Å². The zero-order valence-electron chi connectivity index (χ0n) is 13.7. The first kappa shape index (κ1) is 14.7. The fourth-order valence-electron chi connectivity index (χ4n) is 5.72. The number of benzene rings is 1. The van der Waals surface area contributed by atoms with E-state index in [-0.39, 0.29) is 29.8 Å². The number of hydrogen-bond acceptors (Lipinski definition) is 2. The summed E-state index contributed by atoms with van der Waals surface area (Å²) in [6, 6.07) is 4.98. The number of halogens is 2. The molecule has 24 heavy (non-hydrogen) atoms. The number of phenolic OH excluding ortho intramolecular Hbond substituents is 1. The Kier molecular flexibility index (Phi) is 2.89. The predicted octanol–water partition coefficient (Wildman–Crippen LogP) is 4.18. The molecule has 1 aromatic heterocycles. The van der Waals surface area contributed by atoms with Crippen molar-refractivity contribution in [2.45, 2.75) is 44.1 Å². The summed E-state index contributed by atoms with van der Waals surface area (Å²) in [7, 11) is 0. The second-order valence-electron chi connectivity index (χ2n) is 7.88. The van der Waals surface area contributed by atoms with Gasteiger partial charge in [0, 0.05) is 35.1 Å². The first-order valence-corrected chi connectivity index (χ1v) is 8.95. The van der Waals surface area contributed by atoms with Crippen molar-refractivity contribution in [3.63, 3.8) is 0 Å². The number of fused-ring (bicyclic) bond motifs is 4. The van der Waals surface area contributed by atoms with E-state index < -0.39 is 5.92 Å². The van der Waals surface area contributed by atoms with E-state index in [1.165, 1.54) is 12.5 Å². The number of nitrogens with one attached hydrogen (secondary N) is 1. The summed E-state index contributed by atoms with van der Waals surface area (Å²) in [6.07, 6.45) is 3.23. The minimum Gasteiger partial charge on any atom is -0.508 e. The predicted molar refractivity (Wildman–Crippen MR) is 88.5 cm³/mol. The summed E-state index contributed by atoms with van der Waals surface area (Å²) in [5.41, 5.74) is 1.56. The zero-order valence-corrected chi connectivity index (χ0v) is 13.7. The number of H-pyrrole nitrogens is 1. The molecular formula is C19H22F2N2O. The molecule has 1 saturated carbocycles. The zero-order chi connectivity index (χ0) is 16.6. The Hall–Kier alpha value is -1.62. The molecule has 0 radical (unpaired) electrons. The van der Waals surface area contributed by atoms with E-state index in [9.17, 15) is 5.11 Å². The molecule has 6 rings (SSSR count). The van der Waals surface area contributed by atoms with Gasteiger partial charge in [0.25, 0.3) is 5.92 Å². The van der Waals surface area contributed by atoms with Crippen molar-refractivity contribution in [2.24, 2.45) is 11.8 Å². The number of alkyl halides is 2. The molecule has 3 nitrogen and oxygen atoms in total. The van der Waals surface area contributed by atoms with Crippen LogP contribution in [0.3, 0.4) is 0 Å². The number of piperidine rings is 2. The van der Waals surface area contributed by atoms with Crippen LogP contribution in [0.15, 0.2) is 18.2 Å². The molecule has 3 fully saturated rings. The Morgan fingerprint density at radius 3 is 2.96 bits per heavy atom. The van der Waals surface area contributed by atoms with Gasteiger partial charge in [-0.15, -0.1) is 0 Å². The van der Waals surface area contributed by atoms with Gasteiger partial charge in [-0.25, -0.2) is 0 Å². The molecular weight excluding hydrogens is 310 g/mol. The Morgan fingerprint density at radius 2 is 2.17 bits per heavy atom. The molecule has 2 aromatic rings. The van der Waals surface area contributed by atoms with Crippen molar-refractivity contribution in [3.05, 3.63) is 29.5 Å². The van der Waals surface area contributed by atoms with Gasteiger partial charge in [-0.2, -0.15) is 8.78 Å². The molecule has 1 aromatic carbocycles. The number of aromatic amines is 1. The van der Waals surface area contributed by atoms with E-state index in [0.29, 0.717) is 22.7 Å². The molecule has 128 valence electrons. The number of rotatable bonds is 1. The van der Waals surface area contributed by atoms with Gasteiger partial charge >= 0.3 is 0 Å². The van der Waals surface area contributed by atoms with Crippen molar-refractivity contribution in [2.75, 3.05) is 13.1 Å². The first-order chi connectivity index (χ1) is 11.5. The van der Waals surface area contributed by atoms with Crippen molar-refractivity contribution in [1.29, 1.82) is 0 Å². The third-order valence-electron chi connectivity index (χ3n) is 6.51. The SMILES string of the molecule is CCC1C[C@H]2C[C@H]3c4[nH]c5ccc(O)cc5c4C(F)(F)CN(C2)C13. The van der Waals surface area contributed by atoms with E-state index in [0.717, 1.165) is 25.1 Å². The number of phenols is 1. The van der Waals surface area contributed by atoms with Gasteiger partial charge in [-0.1, -0.05) is 13.3 Å². The topological polar surface area (TPSA) is 39.3 Å². The van der Waals surface area contributed by atoms with Gasteiger partial charge in [0.2, 0.25) is 0 Å². The van der Waals surface area contributed by atoms with Crippen LogP contribution in [0.25, 0.3) is 10.9 Å². The van der Waals surface area contributed by atoms with Crippen molar-refractivity contribution in [3.8, 4) is 5.75 Å². The maximum absolute atomic E-state index is 15.2. The van der Waals surface area contributed by atoms with E-state index in [1.807, 2.05) is 0 Å². The lowest BCUT2D eigenvalue weighted by Crippen LogP contribution is -2.57. The highest BCUT2D eigenvalue weighted by Crippen LogP contribution is 2.54. The minimum atomic E-state index is -2.89. The summed E-state index contributed by atoms with van der Waals surface area (Å²) in [5.74, 6) is -1.67. The molecule has 3 unspecified atom stereocenters. The van der Waals surface area contributed by atoms with Crippen LogP contribution in [0.5, 0.6) is 5.75 Å².